The number of amides is 2. The average Bonchev–Trinajstić information content (AvgIpc) is 3.28. The van der Waals surface area contributed by atoms with Crippen LogP contribution in [0.1, 0.15) is 47.7 Å². The molecule has 0 unspecified atom stereocenters. The monoisotopic (exact) mass is 382 g/mol. The molecule has 1 aromatic heterocycles. The molecule has 0 saturated carbocycles. The number of likely N-dealkylation sites (tertiary alicyclic amines) is 2. The lowest BCUT2D eigenvalue weighted by atomic mass is 9.88. The third kappa shape index (κ3) is 3.91. The zero-order valence-electron chi connectivity index (χ0n) is 15.9. The summed E-state index contributed by atoms with van der Waals surface area (Å²) in [6.07, 6.45) is 4.83. The molecule has 0 atom stereocenters. The van der Waals surface area contributed by atoms with Gasteiger partial charge in [-0.1, -0.05) is 12.1 Å². The van der Waals surface area contributed by atoms with Crippen molar-refractivity contribution in [3.05, 3.63) is 54.0 Å². The molecule has 2 fully saturated rings. The van der Waals surface area contributed by atoms with Gasteiger partial charge in [0.25, 0.3) is 5.91 Å². The number of hydrogen-bond donors (Lipinski definition) is 1. The number of phenols is 1. The number of benzene rings is 1. The molecule has 0 radical (unpaired) electrons. The molecule has 4 rings (SSSR count). The predicted octanol–water partition coefficient (Wildman–Crippen LogP) is 3.24. The predicted molar refractivity (Wildman–Crippen MR) is 104 cm³/mol. The van der Waals surface area contributed by atoms with Crippen LogP contribution < -0.4 is 0 Å². The van der Waals surface area contributed by atoms with Crippen molar-refractivity contribution in [1.29, 1.82) is 0 Å². The van der Waals surface area contributed by atoms with Crippen LogP contribution in [0.15, 0.2) is 47.1 Å². The van der Waals surface area contributed by atoms with Gasteiger partial charge in [0.1, 0.15) is 5.75 Å². The van der Waals surface area contributed by atoms with Crippen molar-refractivity contribution in [2.75, 3.05) is 26.2 Å². The maximum absolute atomic E-state index is 12.9. The van der Waals surface area contributed by atoms with E-state index in [1.807, 2.05) is 17.0 Å². The van der Waals surface area contributed by atoms with Crippen molar-refractivity contribution in [1.82, 2.24) is 9.80 Å². The van der Waals surface area contributed by atoms with Crippen LogP contribution in [-0.4, -0.2) is 52.9 Å². The van der Waals surface area contributed by atoms with Crippen LogP contribution in [0.4, 0.5) is 0 Å². The number of phenolic OH excluding ortho intramolecular Hbond substituents is 1. The Bertz CT molecular complexity index is 800. The van der Waals surface area contributed by atoms with E-state index in [0.717, 1.165) is 25.9 Å². The van der Waals surface area contributed by atoms with E-state index in [4.69, 9.17) is 4.42 Å². The Balaban J connectivity index is 1.27. The molecule has 2 saturated heterocycles. The van der Waals surface area contributed by atoms with E-state index in [9.17, 15) is 14.7 Å². The molecule has 2 amide bonds. The normalized spacial score (nSPS) is 19.0. The van der Waals surface area contributed by atoms with Gasteiger partial charge in [0.05, 0.1) is 6.26 Å². The van der Waals surface area contributed by atoms with Gasteiger partial charge in [-0.05, 0) is 61.4 Å². The second-order valence-electron chi connectivity index (χ2n) is 7.73. The van der Waals surface area contributed by atoms with Gasteiger partial charge in [-0.2, -0.15) is 0 Å². The minimum atomic E-state index is -0.0920. The highest BCUT2D eigenvalue weighted by Crippen LogP contribution is 2.30. The SMILES string of the molecule is O=C(c1ccco1)N1CCC(C(=O)N2CCC(c3ccc(O)cc3)CC2)CC1. The van der Waals surface area contributed by atoms with E-state index >= 15 is 0 Å². The first-order chi connectivity index (χ1) is 13.6. The minimum Gasteiger partial charge on any atom is -0.508 e. The number of carbonyl (C=O) groups excluding carboxylic acids is 2. The van der Waals surface area contributed by atoms with Crippen molar-refractivity contribution >= 4 is 11.8 Å². The summed E-state index contributed by atoms with van der Waals surface area (Å²) in [5.41, 5.74) is 1.23. The van der Waals surface area contributed by atoms with Crippen molar-refractivity contribution in [3.8, 4) is 5.75 Å². The molecule has 2 aliphatic heterocycles. The summed E-state index contributed by atoms with van der Waals surface area (Å²) >= 11 is 0. The highest BCUT2D eigenvalue weighted by molar-refractivity contribution is 5.91. The third-order valence-electron chi connectivity index (χ3n) is 6.03. The lowest BCUT2D eigenvalue weighted by Gasteiger charge is -2.37. The largest absolute Gasteiger partial charge is 0.508 e. The first-order valence-corrected chi connectivity index (χ1v) is 10.0. The van der Waals surface area contributed by atoms with Crippen molar-refractivity contribution < 1.29 is 19.1 Å². The van der Waals surface area contributed by atoms with Crippen LogP contribution in [0.3, 0.4) is 0 Å². The zero-order chi connectivity index (χ0) is 19.5. The van der Waals surface area contributed by atoms with Crippen LogP contribution in [0, 0.1) is 5.92 Å². The van der Waals surface area contributed by atoms with Crippen molar-refractivity contribution in [2.24, 2.45) is 5.92 Å². The molecular formula is C22H26N2O4. The molecule has 1 aromatic carbocycles. The summed E-state index contributed by atoms with van der Waals surface area (Å²) in [4.78, 5) is 29.0. The standard InChI is InChI=1S/C22H26N2O4/c25-19-5-3-16(4-6-19)17-7-11-23(12-8-17)21(26)18-9-13-24(14-10-18)22(27)20-2-1-15-28-20/h1-6,15,17-18,25H,7-14H2. The second-order valence-corrected chi connectivity index (χ2v) is 7.73. The molecule has 0 spiro atoms. The molecule has 28 heavy (non-hydrogen) atoms. The number of nitrogens with zero attached hydrogens (tertiary/aromatic N) is 2. The number of rotatable bonds is 3. The number of carbonyl (C=O) groups is 2. The Kier molecular flexibility index (Phi) is 5.37. The average molecular weight is 382 g/mol. The Morgan fingerprint density at radius 3 is 2.14 bits per heavy atom. The number of hydrogen-bond acceptors (Lipinski definition) is 4. The molecule has 2 aromatic rings. The fraction of sp³-hybridized carbons (Fsp3) is 0.455. The zero-order valence-corrected chi connectivity index (χ0v) is 15.9. The van der Waals surface area contributed by atoms with Gasteiger partial charge in [0.2, 0.25) is 5.91 Å². The Hall–Kier alpha value is -2.76. The van der Waals surface area contributed by atoms with E-state index in [0.29, 0.717) is 37.6 Å². The number of furan rings is 1. The third-order valence-corrected chi connectivity index (χ3v) is 6.03. The van der Waals surface area contributed by atoms with E-state index in [1.165, 1.54) is 11.8 Å². The molecule has 148 valence electrons. The summed E-state index contributed by atoms with van der Waals surface area (Å²) in [5, 5.41) is 9.44. The number of aromatic hydroxyl groups is 1. The van der Waals surface area contributed by atoms with Crippen LogP contribution in [-0.2, 0) is 4.79 Å². The molecule has 0 aliphatic carbocycles. The van der Waals surface area contributed by atoms with Crippen molar-refractivity contribution in [3.63, 3.8) is 0 Å². The summed E-state index contributed by atoms with van der Waals surface area (Å²) < 4.78 is 5.19. The Labute approximate surface area is 164 Å². The lowest BCUT2D eigenvalue weighted by Crippen LogP contribution is -2.46. The summed E-state index contributed by atoms with van der Waals surface area (Å²) in [6, 6.07) is 10.8. The fourth-order valence-corrected chi connectivity index (χ4v) is 4.32. The summed E-state index contributed by atoms with van der Waals surface area (Å²) in [5.74, 6) is 1.23. The van der Waals surface area contributed by atoms with Crippen LogP contribution in [0.5, 0.6) is 5.75 Å². The first kappa shape index (κ1) is 18.6. The van der Waals surface area contributed by atoms with Gasteiger partial charge in [0, 0.05) is 32.1 Å². The Morgan fingerprint density at radius 2 is 1.54 bits per heavy atom. The first-order valence-electron chi connectivity index (χ1n) is 10.0. The molecule has 3 heterocycles. The van der Waals surface area contributed by atoms with Gasteiger partial charge in [0.15, 0.2) is 5.76 Å². The van der Waals surface area contributed by atoms with Gasteiger partial charge in [-0.25, -0.2) is 0 Å². The fourth-order valence-electron chi connectivity index (χ4n) is 4.32. The lowest BCUT2D eigenvalue weighted by molar-refractivity contribution is -0.138. The highest BCUT2D eigenvalue weighted by Gasteiger charge is 2.33. The van der Waals surface area contributed by atoms with Crippen molar-refractivity contribution in [2.45, 2.75) is 31.6 Å². The quantitative estimate of drug-likeness (QED) is 0.884. The van der Waals surface area contributed by atoms with E-state index < -0.39 is 0 Å². The van der Waals surface area contributed by atoms with E-state index in [2.05, 4.69) is 0 Å². The van der Waals surface area contributed by atoms with Crippen LogP contribution in [0.2, 0.25) is 0 Å². The van der Waals surface area contributed by atoms with Gasteiger partial charge < -0.3 is 19.3 Å². The van der Waals surface area contributed by atoms with Gasteiger partial charge >= 0.3 is 0 Å². The topological polar surface area (TPSA) is 74.0 Å². The van der Waals surface area contributed by atoms with Crippen LogP contribution >= 0.6 is 0 Å². The highest BCUT2D eigenvalue weighted by atomic mass is 16.3. The van der Waals surface area contributed by atoms with E-state index in [-0.39, 0.29) is 23.5 Å². The second kappa shape index (κ2) is 8.09. The maximum atomic E-state index is 12.9. The van der Waals surface area contributed by atoms with Gasteiger partial charge in [-0.3, -0.25) is 9.59 Å². The van der Waals surface area contributed by atoms with Gasteiger partial charge in [-0.15, -0.1) is 0 Å². The molecule has 6 heteroatoms. The van der Waals surface area contributed by atoms with Crippen LogP contribution in [0.25, 0.3) is 0 Å². The summed E-state index contributed by atoms with van der Waals surface area (Å²) in [7, 11) is 0. The smallest absolute Gasteiger partial charge is 0.289 e. The molecular weight excluding hydrogens is 356 g/mol. The summed E-state index contributed by atoms with van der Waals surface area (Å²) in [6.45, 7) is 2.74. The number of piperidine rings is 2. The maximum Gasteiger partial charge on any atom is 0.289 e. The molecule has 1 N–H and O–H groups in total. The molecule has 2 aliphatic rings. The Morgan fingerprint density at radius 1 is 0.893 bits per heavy atom. The van der Waals surface area contributed by atoms with E-state index in [1.54, 1.807) is 29.2 Å². The molecule has 6 nitrogen and oxygen atoms in total. The molecule has 0 bridgehead atoms. The minimum absolute atomic E-state index is 0.00544.